The summed E-state index contributed by atoms with van der Waals surface area (Å²) in [6, 6.07) is 18.8. The zero-order chi connectivity index (χ0) is 24.7. The second-order valence-corrected chi connectivity index (χ2v) is 9.16. The van der Waals surface area contributed by atoms with Crippen LogP contribution in [0.2, 0.25) is 0 Å². The molecule has 0 saturated heterocycles. The predicted octanol–water partition coefficient (Wildman–Crippen LogP) is 3.69. The van der Waals surface area contributed by atoms with Gasteiger partial charge in [0.15, 0.2) is 0 Å². The number of nitrogens with zero attached hydrogens (tertiary/aromatic N) is 1. The third-order valence-electron chi connectivity index (χ3n) is 5.04. The van der Waals surface area contributed by atoms with Crippen LogP contribution in [-0.4, -0.2) is 40.9 Å². The number of sulfonamides is 1. The topological polar surface area (TPSA) is 105 Å². The predicted molar refractivity (Wildman–Crippen MR) is 132 cm³/mol. The van der Waals surface area contributed by atoms with Crippen molar-refractivity contribution in [3.8, 4) is 5.75 Å². The maximum absolute atomic E-state index is 12.9. The lowest BCUT2D eigenvalue weighted by Gasteiger charge is -2.20. The van der Waals surface area contributed by atoms with E-state index in [-0.39, 0.29) is 10.8 Å². The Hall–Kier alpha value is -4.11. The first kappa shape index (κ1) is 24.5. The van der Waals surface area contributed by atoms with Gasteiger partial charge in [0.05, 0.1) is 28.9 Å². The van der Waals surface area contributed by atoms with Gasteiger partial charge in [0.1, 0.15) is 5.75 Å². The molecule has 3 rings (SSSR count). The molecule has 0 aliphatic heterocycles. The second-order valence-electron chi connectivity index (χ2n) is 7.19. The molecule has 2 N–H and O–H groups in total. The first-order chi connectivity index (χ1) is 16.3. The Morgan fingerprint density at radius 3 is 2.24 bits per heavy atom. The third-order valence-corrected chi connectivity index (χ3v) is 6.84. The summed E-state index contributed by atoms with van der Waals surface area (Å²) >= 11 is 0. The van der Waals surface area contributed by atoms with Gasteiger partial charge in [0.25, 0.3) is 21.8 Å². The molecule has 0 saturated carbocycles. The molecule has 0 aliphatic rings. The van der Waals surface area contributed by atoms with E-state index in [0.717, 1.165) is 4.31 Å². The summed E-state index contributed by atoms with van der Waals surface area (Å²) in [6.45, 7) is 3.87. The minimum Gasteiger partial charge on any atom is -0.497 e. The average molecular weight is 480 g/mol. The molecule has 0 spiro atoms. The van der Waals surface area contributed by atoms with Crippen LogP contribution < -0.4 is 19.7 Å². The number of nitrogens with one attached hydrogen (secondary N) is 2. The lowest BCUT2D eigenvalue weighted by atomic mass is 10.1. The molecule has 3 aromatic rings. The summed E-state index contributed by atoms with van der Waals surface area (Å²) < 4.78 is 32.1. The maximum atomic E-state index is 12.9. The minimum absolute atomic E-state index is 0.115. The quantitative estimate of drug-likeness (QED) is 0.456. The number of methoxy groups -OCH3 is 1. The molecule has 0 atom stereocenters. The molecule has 0 heterocycles. The van der Waals surface area contributed by atoms with Crippen LogP contribution in [-0.2, 0) is 10.0 Å². The van der Waals surface area contributed by atoms with Crippen molar-refractivity contribution < 1.29 is 22.7 Å². The molecule has 0 aromatic heterocycles. The van der Waals surface area contributed by atoms with Crippen LogP contribution in [0.25, 0.3) is 0 Å². The van der Waals surface area contributed by atoms with E-state index in [9.17, 15) is 18.0 Å². The Balaban J connectivity index is 1.76. The standard InChI is InChI=1S/C25H25N3O5S/c1-4-17-26-25(30)22-7-5-6-8-23(22)27-24(29)18-9-11-19(12-10-18)28(2)34(31,32)21-15-13-20(33-3)14-16-21/h4-16H,1,17H2,2-3H3,(H,26,30)(H,27,29). The first-order valence-electron chi connectivity index (χ1n) is 10.3. The molecular formula is C25H25N3O5S. The third kappa shape index (κ3) is 5.44. The van der Waals surface area contributed by atoms with Crippen molar-refractivity contribution in [1.29, 1.82) is 0 Å². The Bertz CT molecular complexity index is 1290. The summed E-state index contributed by atoms with van der Waals surface area (Å²) in [7, 11) is -0.855. The van der Waals surface area contributed by atoms with E-state index >= 15 is 0 Å². The minimum atomic E-state index is -3.80. The van der Waals surface area contributed by atoms with E-state index in [2.05, 4.69) is 17.2 Å². The number of benzene rings is 3. The number of hydrogen-bond donors (Lipinski definition) is 2. The number of carbonyl (C=O) groups is 2. The van der Waals surface area contributed by atoms with Crippen molar-refractivity contribution in [2.75, 3.05) is 30.3 Å². The first-order valence-corrected chi connectivity index (χ1v) is 11.7. The number of carbonyl (C=O) groups excluding carboxylic acids is 2. The maximum Gasteiger partial charge on any atom is 0.264 e. The molecule has 2 amide bonds. The highest BCUT2D eigenvalue weighted by Gasteiger charge is 2.22. The fourth-order valence-corrected chi connectivity index (χ4v) is 4.31. The number of rotatable bonds is 9. The van der Waals surface area contributed by atoms with Gasteiger partial charge in [-0.3, -0.25) is 13.9 Å². The Labute approximate surface area is 198 Å². The molecule has 8 nitrogen and oxygen atoms in total. The molecule has 0 unspecified atom stereocenters. The second kappa shape index (κ2) is 10.7. The van der Waals surface area contributed by atoms with Crippen molar-refractivity contribution in [2.45, 2.75) is 4.90 Å². The lowest BCUT2D eigenvalue weighted by molar-refractivity contribution is 0.0959. The van der Waals surface area contributed by atoms with Crippen molar-refractivity contribution in [2.24, 2.45) is 0 Å². The van der Waals surface area contributed by atoms with Gasteiger partial charge in [-0.2, -0.15) is 0 Å². The molecule has 0 aliphatic carbocycles. The van der Waals surface area contributed by atoms with E-state index in [1.165, 1.54) is 38.4 Å². The van der Waals surface area contributed by atoms with Crippen molar-refractivity contribution in [3.63, 3.8) is 0 Å². The van der Waals surface area contributed by atoms with Crippen LogP contribution in [0.5, 0.6) is 5.75 Å². The number of anilines is 2. The van der Waals surface area contributed by atoms with Crippen LogP contribution in [0.4, 0.5) is 11.4 Å². The van der Waals surface area contributed by atoms with E-state index in [0.29, 0.717) is 34.8 Å². The van der Waals surface area contributed by atoms with Crippen LogP contribution in [0.3, 0.4) is 0 Å². The molecule has 176 valence electrons. The van der Waals surface area contributed by atoms with E-state index in [4.69, 9.17) is 4.74 Å². The molecule has 34 heavy (non-hydrogen) atoms. The molecule has 0 bridgehead atoms. The highest BCUT2D eigenvalue weighted by atomic mass is 32.2. The zero-order valence-electron chi connectivity index (χ0n) is 18.8. The summed E-state index contributed by atoms with van der Waals surface area (Å²) in [5, 5.41) is 5.41. The van der Waals surface area contributed by atoms with Gasteiger partial charge in [-0.25, -0.2) is 8.42 Å². The Morgan fingerprint density at radius 1 is 0.971 bits per heavy atom. The highest BCUT2D eigenvalue weighted by molar-refractivity contribution is 7.92. The van der Waals surface area contributed by atoms with Crippen LogP contribution in [0.15, 0.2) is 90.3 Å². The van der Waals surface area contributed by atoms with Gasteiger partial charge < -0.3 is 15.4 Å². The molecule has 0 fully saturated rings. The van der Waals surface area contributed by atoms with Crippen LogP contribution in [0, 0.1) is 0 Å². The Morgan fingerprint density at radius 2 is 1.62 bits per heavy atom. The summed E-state index contributed by atoms with van der Waals surface area (Å²) in [5.74, 6) is -0.218. The van der Waals surface area contributed by atoms with Gasteiger partial charge in [0.2, 0.25) is 0 Å². The van der Waals surface area contributed by atoms with Crippen molar-refractivity contribution in [3.05, 3.63) is 96.6 Å². The lowest BCUT2D eigenvalue weighted by Crippen LogP contribution is -2.26. The van der Waals surface area contributed by atoms with E-state index in [1.807, 2.05) is 0 Å². The largest absolute Gasteiger partial charge is 0.497 e. The van der Waals surface area contributed by atoms with Crippen molar-refractivity contribution in [1.82, 2.24) is 5.32 Å². The van der Waals surface area contributed by atoms with Gasteiger partial charge in [-0.1, -0.05) is 18.2 Å². The molecular weight excluding hydrogens is 454 g/mol. The van der Waals surface area contributed by atoms with E-state index < -0.39 is 15.9 Å². The SMILES string of the molecule is C=CCNC(=O)c1ccccc1NC(=O)c1ccc(N(C)S(=O)(=O)c2ccc(OC)cc2)cc1. The van der Waals surface area contributed by atoms with Gasteiger partial charge in [-0.05, 0) is 60.7 Å². The van der Waals surface area contributed by atoms with Crippen LogP contribution >= 0.6 is 0 Å². The monoisotopic (exact) mass is 479 g/mol. The van der Waals surface area contributed by atoms with Crippen LogP contribution in [0.1, 0.15) is 20.7 Å². The van der Waals surface area contributed by atoms with Gasteiger partial charge in [0, 0.05) is 19.2 Å². The highest BCUT2D eigenvalue weighted by Crippen LogP contribution is 2.24. The number of para-hydroxylation sites is 1. The normalized spacial score (nSPS) is 10.8. The fourth-order valence-electron chi connectivity index (χ4n) is 3.11. The average Bonchev–Trinajstić information content (AvgIpc) is 2.87. The number of amides is 2. The van der Waals surface area contributed by atoms with Crippen molar-refractivity contribution >= 4 is 33.2 Å². The molecule has 3 aromatic carbocycles. The number of ether oxygens (including phenoxy) is 1. The summed E-state index contributed by atoms with van der Waals surface area (Å²) in [4.78, 5) is 25.2. The zero-order valence-corrected chi connectivity index (χ0v) is 19.6. The fraction of sp³-hybridized carbons (Fsp3) is 0.120. The molecule has 9 heteroatoms. The summed E-state index contributed by atoms with van der Waals surface area (Å²) in [6.07, 6.45) is 1.56. The molecule has 0 radical (unpaired) electrons. The van der Waals surface area contributed by atoms with Gasteiger partial charge in [-0.15, -0.1) is 6.58 Å². The van der Waals surface area contributed by atoms with Gasteiger partial charge >= 0.3 is 0 Å². The smallest absolute Gasteiger partial charge is 0.264 e. The van der Waals surface area contributed by atoms with E-state index in [1.54, 1.807) is 54.6 Å². The summed E-state index contributed by atoms with van der Waals surface area (Å²) in [5.41, 5.74) is 1.37. The number of hydrogen-bond acceptors (Lipinski definition) is 5. The Kier molecular flexibility index (Phi) is 7.70.